The summed E-state index contributed by atoms with van der Waals surface area (Å²) in [5.41, 5.74) is 10.2. The number of thioether (sulfide) groups is 1. The van der Waals surface area contributed by atoms with Crippen LogP contribution in [0, 0.1) is 0 Å². The van der Waals surface area contributed by atoms with Gasteiger partial charge in [-0.1, -0.05) is 145 Å². The zero-order valence-electron chi connectivity index (χ0n) is 26.3. The number of fused-ring (bicyclic) bond motifs is 9. The summed E-state index contributed by atoms with van der Waals surface area (Å²) in [6, 6.07) is 60.4. The van der Waals surface area contributed by atoms with Crippen molar-refractivity contribution in [2.75, 3.05) is 4.90 Å². The number of anilines is 3. The zero-order valence-corrected chi connectivity index (χ0v) is 27.1. The largest absolute Gasteiger partial charge is 0.310 e. The number of benzene rings is 8. The van der Waals surface area contributed by atoms with Gasteiger partial charge in [0, 0.05) is 27.6 Å². The third-order valence-corrected chi connectivity index (χ3v) is 11.4. The summed E-state index contributed by atoms with van der Waals surface area (Å²) < 4.78 is 0. The van der Waals surface area contributed by atoms with Crippen molar-refractivity contribution in [2.24, 2.45) is 0 Å². The molecule has 10 rings (SSSR count). The number of hydrogen-bond acceptors (Lipinski definition) is 2. The molecule has 1 aliphatic heterocycles. The van der Waals surface area contributed by atoms with E-state index in [1.165, 1.54) is 81.3 Å². The van der Waals surface area contributed by atoms with Crippen molar-refractivity contribution in [3.8, 4) is 11.1 Å². The first kappa shape index (κ1) is 27.5. The van der Waals surface area contributed by atoms with Crippen molar-refractivity contribution < 1.29 is 0 Å². The predicted octanol–water partition coefficient (Wildman–Crippen LogP) is 13.1. The summed E-state index contributed by atoms with van der Waals surface area (Å²) in [7, 11) is 0. The van der Waals surface area contributed by atoms with E-state index in [-0.39, 0.29) is 0 Å². The molecule has 2 heteroatoms. The third-order valence-electron chi connectivity index (χ3n) is 10.2. The Kier molecular flexibility index (Phi) is 6.32. The summed E-state index contributed by atoms with van der Waals surface area (Å²) in [4.78, 5) is 5.31. The van der Waals surface area contributed by atoms with E-state index in [9.17, 15) is 0 Å². The fraction of sp³-hybridized carbons (Fsp3) is 0.0435. The van der Waals surface area contributed by atoms with Crippen LogP contribution >= 0.6 is 11.8 Å². The van der Waals surface area contributed by atoms with Gasteiger partial charge in [0.25, 0.3) is 0 Å². The second-order valence-corrected chi connectivity index (χ2v) is 14.0. The fourth-order valence-corrected chi connectivity index (χ4v) is 9.18. The molecular weight excluding hydrogens is 599 g/mol. The molecule has 8 aromatic rings. The van der Waals surface area contributed by atoms with E-state index < -0.39 is 0 Å². The van der Waals surface area contributed by atoms with Gasteiger partial charge in [-0.2, -0.15) is 0 Å². The molecule has 0 fully saturated rings. The number of allylic oxidation sites excluding steroid dienone is 1. The molecule has 0 N–H and O–H groups in total. The highest BCUT2D eigenvalue weighted by molar-refractivity contribution is 8.03. The summed E-state index contributed by atoms with van der Waals surface area (Å²) in [5.74, 6) is 0.427. The minimum Gasteiger partial charge on any atom is -0.310 e. The molecule has 1 aliphatic carbocycles. The van der Waals surface area contributed by atoms with Gasteiger partial charge in [0.15, 0.2) is 0 Å². The van der Waals surface area contributed by atoms with Gasteiger partial charge in [0.05, 0.1) is 5.69 Å². The minimum absolute atomic E-state index is 0.427. The Bertz CT molecular complexity index is 2570. The maximum atomic E-state index is 2.49. The quantitative estimate of drug-likeness (QED) is 0.178. The Morgan fingerprint density at radius 1 is 0.521 bits per heavy atom. The molecule has 0 bridgehead atoms. The summed E-state index contributed by atoms with van der Waals surface area (Å²) in [5, 5.41) is 7.62. The van der Waals surface area contributed by atoms with E-state index in [0.29, 0.717) is 5.92 Å². The topological polar surface area (TPSA) is 3.24 Å². The van der Waals surface area contributed by atoms with Gasteiger partial charge in [-0.25, -0.2) is 0 Å². The molecule has 0 saturated heterocycles. The number of rotatable bonds is 4. The lowest BCUT2D eigenvalue weighted by Gasteiger charge is -2.29. The van der Waals surface area contributed by atoms with Gasteiger partial charge in [-0.15, -0.1) is 0 Å². The SMILES string of the molecule is C1=C2Sc3cc(N(c4cccc(-c5ccccc5)c4)c4cc5ccccc5c5c4ccc4ccccc45)ccc3C2Cc2ccccc21. The maximum Gasteiger partial charge on any atom is 0.0546 e. The fourth-order valence-electron chi connectivity index (χ4n) is 7.88. The third kappa shape index (κ3) is 4.41. The minimum atomic E-state index is 0.427. The van der Waals surface area contributed by atoms with Gasteiger partial charge in [0.2, 0.25) is 0 Å². The molecule has 0 spiro atoms. The Hall–Kier alpha value is -5.57. The highest BCUT2D eigenvalue weighted by Crippen LogP contribution is 2.55. The maximum absolute atomic E-state index is 2.49. The molecule has 1 nitrogen and oxygen atoms in total. The second kappa shape index (κ2) is 11.0. The Morgan fingerprint density at radius 3 is 2.15 bits per heavy atom. The van der Waals surface area contributed by atoms with E-state index in [0.717, 1.165) is 12.1 Å². The Balaban J connectivity index is 1.21. The van der Waals surface area contributed by atoms with Crippen molar-refractivity contribution in [1.82, 2.24) is 0 Å². The summed E-state index contributed by atoms with van der Waals surface area (Å²) in [6.07, 6.45) is 3.48. The lowest BCUT2D eigenvalue weighted by molar-refractivity contribution is 0.812. The van der Waals surface area contributed by atoms with Gasteiger partial charge in [-0.3, -0.25) is 0 Å². The molecule has 226 valence electrons. The zero-order chi connectivity index (χ0) is 31.6. The lowest BCUT2D eigenvalue weighted by atomic mass is 9.85. The summed E-state index contributed by atoms with van der Waals surface area (Å²) >= 11 is 1.95. The molecule has 48 heavy (non-hydrogen) atoms. The Morgan fingerprint density at radius 2 is 1.25 bits per heavy atom. The molecule has 0 amide bonds. The van der Waals surface area contributed by atoms with Crippen LogP contribution in [0.15, 0.2) is 174 Å². The first-order valence-electron chi connectivity index (χ1n) is 16.7. The number of nitrogens with zero attached hydrogens (tertiary/aromatic N) is 1. The van der Waals surface area contributed by atoms with E-state index in [4.69, 9.17) is 0 Å². The standard InChI is InChI=1S/C46H31NS/c1-2-11-30(12-3-1)32-17-10-18-36(25-32)47(37-22-24-40-42-26-33-14-4-5-15-34(33)28-44(42)48-45(40)29-37)43-27-35-16-7-9-20-39(35)46-38-19-8-6-13-31(38)21-23-41(43)46/h1-25,27-29,42H,26H2. The monoisotopic (exact) mass is 629 g/mol. The van der Waals surface area contributed by atoms with Crippen LogP contribution in [0.25, 0.3) is 49.5 Å². The molecule has 1 unspecified atom stereocenters. The molecule has 1 atom stereocenters. The van der Waals surface area contributed by atoms with Gasteiger partial charge in [-0.05, 0) is 102 Å². The van der Waals surface area contributed by atoms with Crippen LogP contribution in [0.4, 0.5) is 17.1 Å². The van der Waals surface area contributed by atoms with E-state index in [1.807, 2.05) is 11.8 Å². The van der Waals surface area contributed by atoms with Crippen LogP contribution in [0.2, 0.25) is 0 Å². The van der Waals surface area contributed by atoms with Gasteiger partial charge >= 0.3 is 0 Å². The van der Waals surface area contributed by atoms with Crippen molar-refractivity contribution in [2.45, 2.75) is 17.2 Å². The van der Waals surface area contributed by atoms with Crippen LogP contribution in [0.5, 0.6) is 0 Å². The first-order chi connectivity index (χ1) is 23.8. The second-order valence-electron chi connectivity index (χ2n) is 12.9. The van der Waals surface area contributed by atoms with Gasteiger partial charge in [0.1, 0.15) is 0 Å². The molecule has 1 heterocycles. The first-order valence-corrected chi connectivity index (χ1v) is 17.5. The van der Waals surface area contributed by atoms with Crippen LogP contribution in [-0.2, 0) is 6.42 Å². The van der Waals surface area contributed by atoms with Crippen molar-refractivity contribution >= 4 is 67.2 Å². The van der Waals surface area contributed by atoms with E-state index in [1.54, 1.807) is 0 Å². The molecule has 0 saturated carbocycles. The van der Waals surface area contributed by atoms with Crippen LogP contribution < -0.4 is 4.90 Å². The molecule has 0 radical (unpaired) electrons. The Labute approximate surface area is 284 Å². The smallest absolute Gasteiger partial charge is 0.0546 e. The predicted molar refractivity (Wildman–Crippen MR) is 206 cm³/mol. The van der Waals surface area contributed by atoms with Crippen molar-refractivity contribution in [3.63, 3.8) is 0 Å². The van der Waals surface area contributed by atoms with E-state index >= 15 is 0 Å². The molecular formula is C46H31NS. The summed E-state index contributed by atoms with van der Waals surface area (Å²) in [6.45, 7) is 0. The van der Waals surface area contributed by atoms with Crippen LogP contribution in [-0.4, -0.2) is 0 Å². The molecule has 2 aliphatic rings. The normalized spacial score (nSPS) is 14.8. The van der Waals surface area contributed by atoms with Crippen molar-refractivity contribution in [3.05, 3.63) is 185 Å². The average Bonchev–Trinajstić information content (AvgIpc) is 3.50. The van der Waals surface area contributed by atoms with Crippen LogP contribution in [0.3, 0.4) is 0 Å². The average molecular weight is 630 g/mol. The van der Waals surface area contributed by atoms with Crippen LogP contribution in [0.1, 0.15) is 22.6 Å². The van der Waals surface area contributed by atoms with Gasteiger partial charge < -0.3 is 4.90 Å². The lowest BCUT2D eigenvalue weighted by Crippen LogP contribution is -2.11. The van der Waals surface area contributed by atoms with E-state index in [2.05, 4.69) is 175 Å². The highest BCUT2D eigenvalue weighted by atomic mass is 32.2. The highest BCUT2D eigenvalue weighted by Gasteiger charge is 2.32. The molecule has 8 aromatic carbocycles. The number of hydrogen-bond donors (Lipinski definition) is 0. The molecule has 0 aromatic heterocycles. The van der Waals surface area contributed by atoms with Crippen molar-refractivity contribution in [1.29, 1.82) is 0 Å².